The molecule has 38 heavy (non-hydrogen) atoms. The molecule has 2 aromatic carbocycles. The summed E-state index contributed by atoms with van der Waals surface area (Å²) in [7, 11) is 1.58. The molecule has 1 saturated heterocycles. The monoisotopic (exact) mass is 521 g/mol. The van der Waals surface area contributed by atoms with Crippen molar-refractivity contribution in [2.45, 2.75) is 32.4 Å². The van der Waals surface area contributed by atoms with E-state index in [0.717, 1.165) is 23.9 Å². The van der Waals surface area contributed by atoms with Crippen molar-refractivity contribution in [1.29, 1.82) is 0 Å². The average Bonchev–Trinajstić information content (AvgIpc) is 2.92. The van der Waals surface area contributed by atoms with Crippen LogP contribution in [0.1, 0.15) is 43.5 Å². The van der Waals surface area contributed by atoms with Gasteiger partial charge in [-0.3, -0.25) is 14.7 Å². The minimum absolute atomic E-state index is 0.0242. The van der Waals surface area contributed by atoms with Crippen LogP contribution in [0.25, 0.3) is 10.9 Å². The van der Waals surface area contributed by atoms with E-state index >= 15 is 4.39 Å². The summed E-state index contributed by atoms with van der Waals surface area (Å²) in [6.07, 6.45) is 2.36. The fourth-order valence-corrected chi connectivity index (χ4v) is 5.11. The molecule has 0 spiro atoms. The minimum Gasteiger partial charge on any atom is -0.497 e. The number of piperidine rings is 1. The summed E-state index contributed by atoms with van der Waals surface area (Å²) >= 11 is 0. The molecule has 1 fully saturated rings. The van der Waals surface area contributed by atoms with Crippen LogP contribution in [0.4, 0.5) is 14.5 Å². The normalized spacial score (nSPS) is 18.4. The summed E-state index contributed by atoms with van der Waals surface area (Å²) in [5, 5.41) is 13.5. The number of aliphatic hydroxyl groups excluding tert-OH is 1. The maximum atomic E-state index is 15.4. The lowest BCUT2D eigenvalue weighted by molar-refractivity contribution is -0.114. The van der Waals surface area contributed by atoms with Crippen LogP contribution in [-0.2, 0) is 4.79 Å². The minimum atomic E-state index is -1.14. The molecule has 2 N–H and O–H groups in total. The van der Waals surface area contributed by atoms with Crippen LogP contribution in [0, 0.1) is 29.5 Å². The Balaban J connectivity index is 1.35. The first-order valence-electron chi connectivity index (χ1n) is 12.8. The quantitative estimate of drug-likeness (QED) is 0.403. The van der Waals surface area contributed by atoms with Crippen LogP contribution in [0.5, 0.6) is 5.75 Å². The van der Waals surface area contributed by atoms with Crippen molar-refractivity contribution in [3.63, 3.8) is 0 Å². The second-order valence-electron chi connectivity index (χ2n) is 9.73. The Hall–Kier alpha value is -3.54. The Bertz CT molecular complexity index is 1340. The zero-order valence-corrected chi connectivity index (χ0v) is 21.7. The Morgan fingerprint density at radius 3 is 2.87 bits per heavy atom. The fraction of sp³-hybridized carbons (Fsp3) is 0.400. The molecule has 8 heteroatoms. The Kier molecular flexibility index (Phi) is 9.27. The smallest absolute Gasteiger partial charge is 0.221 e. The number of carbonyl (C=O) groups excluding carboxylic acids is 1. The largest absolute Gasteiger partial charge is 0.497 e. The van der Waals surface area contributed by atoms with Gasteiger partial charge >= 0.3 is 0 Å². The number of likely N-dealkylation sites (tertiary alicyclic amines) is 1. The van der Waals surface area contributed by atoms with E-state index in [2.05, 4.69) is 27.0 Å². The van der Waals surface area contributed by atoms with Crippen LogP contribution in [-0.4, -0.2) is 54.2 Å². The lowest BCUT2D eigenvalue weighted by atomic mass is 9.81. The molecule has 1 aliphatic heterocycles. The van der Waals surface area contributed by atoms with Crippen molar-refractivity contribution in [2.24, 2.45) is 11.8 Å². The fourth-order valence-electron chi connectivity index (χ4n) is 5.11. The van der Waals surface area contributed by atoms with E-state index < -0.39 is 12.0 Å². The van der Waals surface area contributed by atoms with Gasteiger partial charge in [0.15, 0.2) is 0 Å². The van der Waals surface area contributed by atoms with E-state index in [1.165, 1.54) is 25.1 Å². The van der Waals surface area contributed by atoms with Gasteiger partial charge in [-0.2, -0.15) is 0 Å². The number of amides is 1. The highest BCUT2D eigenvalue weighted by Crippen LogP contribution is 2.35. The first kappa shape index (κ1) is 27.5. The van der Waals surface area contributed by atoms with Crippen molar-refractivity contribution < 1.29 is 23.4 Å². The molecule has 0 radical (unpaired) electrons. The van der Waals surface area contributed by atoms with Gasteiger partial charge < -0.3 is 15.2 Å². The maximum absolute atomic E-state index is 15.4. The molecule has 0 aliphatic carbocycles. The molecule has 0 bridgehead atoms. The number of ether oxygens (including phenoxy) is 1. The number of nitrogens with zero attached hydrogens (tertiary/aromatic N) is 2. The van der Waals surface area contributed by atoms with Crippen LogP contribution in [0.3, 0.4) is 0 Å². The molecule has 1 aliphatic rings. The molecule has 0 saturated carbocycles. The zero-order valence-electron chi connectivity index (χ0n) is 21.7. The molecule has 1 unspecified atom stereocenters. The highest BCUT2D eigenvalue weighted by atomic mass is 19.1. The van der Waals surface area contributed by atoms with Crippen molar-refractivity contribution in [1.82, 2.24) is 9.88 Å². The molecule has 2 heterocycles. The number of aliphatic hydroxyl groups is 1. The van der Waals surface area contributed by atoms with Crippen LogP contribution in [0.2, 0.25) is 0 Å². The standard InChI is InChI=1S/C30H33F2N3O3/c1-20(37)34-29-9-6-24(31)16-22(29)4-3-14-35-15-12-21(23(18-35)19-36)5-8-28(32)26-11-13-33-30-10-7-25(38-2)17-27(26)30/h6-7,9-11,13,16-17,21,23,28,36H,5,8,12,14-15,18-19H2,1-2H3,(H,34,37)/t21-,23-,28?/m1/s1. The van der Waals surface area contributed by atoms with Gasteiger partial charge in [-0.25, -0.2) is 8.78 Å². The number of anilines is 1. The van der Waals surface area contributed by atoms with Gasteiger partial charge in [-0.1, -0.05) is 11.8 Å². The summed E-state index contributed by atoms with van der Waals surface area (Å²) < 4.78 is 34.4. The van der Waals surface area contributed by atoms with Crippen molar-refractivity contribution in [2.75, 3.05) is 38.7 Å². The first-order valence-corrected chi connectivity index (χ1v) is 12.8. The van der Waals surface area contributed by atoms with Gasteiger partial charge in [0.1, 0.15) is 17.7 Å². The topological polar surface area (TPSA) is 74.7 Å². The van der Waals surface area contributed by atoms with Gasteiger partial charge in [0.05, 0.1) is 30.4 Å². The summed E-state index contributed by atoms with van der Waals surface area (Å²) in [5.74, 6) is 6.26. The third-order valence-electron chi connectivity index (χ3n) is 7.14. The van der Waals surface area contributed by atoms with E-state index in [-0.39, 0.29) is 24.3 Å². The number of methoxy groups -OCH3 is 1. The summed E-state index contributed by atoms with van der Waals surface area (Å²) in [6, 6.07) is 11.3. The van der Waals surface area contributed by atoms with Crippen LogP contribution < -0.4 is 10.1 Å². The molecular weight excluding hydrogens is 488 g/mol. The predicted octanol–water partition coefficient (Wildman–Crippen LogP) is 5.11. The van der Waals surface area contributed by atoms with Gasteiger partial charge in [-0.05, 0) is 85.7 Å². The lowest BCUT2D eigenvalue weighted by Crippen LogP contribution is -2.42. The maximum Gasteiger partial charge on any atom is 0.221 e. The number of hydrogen-bond donors (Lipinski definition) is 2. The molecule has 200 valence electrons. The number of benzene rings is 2. The third-order valence-corrected chi connectivity index (χ3v) is 7.14. The van der Waals surface area contributed by atoms with Gasteiger partial charge in [0.2, 0.25) is 5.91 Å². The van der Waals surface area contributed by atoms with Crippen LogP contribution in [0.15, 0.2) is 48.7 Å². The van der Waals surface area contributed by atoms with Crippen molar-refractivity contribution in [3.05, 3.63) is 65.6 Å². The molecule has 6 nitrogen and oxygen atoms in total. The second-order valence-corrected chi connectivity index (χ2v) is 9.73. The van der Waals surface area contributed by atoms with E-state index in [9.17, 15) is 14.3 Å². The average molecular weight is 522 g/mol. The van der Waals surface area contributed by atoms with Crippen molar-refractivity contribution >= 4 is 22.5 Å². The van der Waals surface area contributed by atoms with Crippen molar-refractivity contribution in [3.8, 4) is 17.6 Å². The molecule has 3 atom stereocenters. The first-order chi connectivity index (χ1) is 18.4. The summed E-state index contributed by atoms with van der Waals surface area (Å²) in [5.41, 5.74) is 2.23. The molecule has 3 aromatic rings. The number of nitrogens with one attached hydrogen (secondary N) is 1. The number of hydrogen-bond acceptors (Lipinski definition) is 5. The number of pyridine rings is 1. The number of alkyl halides is 1. The Labute approximate surface area is 222 Å². The van der Waals surface area contributed by atoms with E-state index in [4.69, 9.17) is 4.74 Å². The SMILES string of the molecule is COc1ccc2nccc(C(F)CC[C@@H]3CCN(CC#Cc4cc(F)ccc4NC(C)=O)C[C@@H]3CO)c2c1. The van der Waals surface area contributed by atoms with Gasteiger partial charge in [-0.15, -0.1) is 0 Å². The van der Waals surface area contributed by atoms with E-state index in [1.807, 2.05) is 18.2 Å². The number of aromatic nitrogens is 1. The lowest BCUT2D eigenvalue weighted by Gasteiger charge is -2.37. The third kappa shape index (κ3) is 6.85. The highest BCUT2D eigenvalue weighted by molar-refractivity contribution is 5.90. The van der Waals surface area contributed by atoms with E-state index in [0.29, 0.717) is 48.5 Å². The Morgan fingerprint density at radius 2 is 2.11 bits per heavy atom. The second kappa shape index (κ2) is 12.8. The number of fused-ring (bicyclic) bond motifs is 1. The van der Waals surface area contributed by atoms with Gasteiger partial charge in [0.25, 0.3) is 0 Å². The molecule has 4 rings (SSSR count). The number of rotatable bonds is 8. The Morgan fingerprint density at radius 1 is 1.26 bits per heavy atom. The molecule has 1 amide bonds. The predicted molar refractivity (Wildman–Crippen MR) is 144 cm³/mol. The van der Waals surface area contributed by atoms with Gasteiger partial charge in [0, 0.05) is 31.7 Å². The summed E-state index contributed by atoms with van der Waals surface area (Å²) in [6.45, 7) is 3.31. The number of carbonyl (C=O) groups is 1. The molecular formula is C30H33F2N3O3. The summed E-state index contributed by atoms with van der Waals surface area (Å²) in [4.78, 5) is 17.9. The van der Waals surface area contributed by atoms with E-state index in [1.54, 1.807) is 19.4 Å². The zero-order chi connectivity index (χ0) is 27.1. The molecule has 1 aromatic heterocycles. The number of halogens is 2. The highest BCUT2D eigenvalue weighted by Gasteiger charge is 2.29. The van der Waals surface area contributed by atoms with Crippen LogP contribution >= 0.6 is 0 Å².